The molecule has 178 valence electrons. The third-order valence-corrected chi connectivity index (χ3v) is 9.19. The van der Waals surface area contributed by atoms with E-state index in [0.717, 1.165) is 68.9 Å². The van der Waals surface area contributed by atoms with Crippen LogP contribution in [0.3, 0.4) is 0 Å². The number of aliphatic hydroxyl groups is 1. The third-order valence-electron chi connectivity index (χ3n) is 9.19. The first-order chi connectivity index (χ1) is 15.8. The molecule has 0 spiro atoms. The highest BCUT2D eigenvalue weighted by molar-refractivity contribution is 5.65. The van der Waals surface area contributed by atoms with Crippen LogP contribution in [-0.4, -0.2) is 65.1 Å². The van der Waals surface area contributed by atoms with Crippen LogP contribution in [0.1, 0.15) is 48.3 Å². The fourth-order valence-electron chi connectivity index (χ4n) is 7.72. The Morgan fingerprint density at radius 1 is 1.09 bits per heavy atom. The number of piperazine rings is 1. The van der Waals surface area contributed by atoms with E-state index in [2.05, 4.69) is 58.3 Å². The van der Waals surface area contributed by atoms with Gasteiger partial charge in [-0.25, -0.2) is 0 Å². The van der Waals surface area contributed by atoms with Crippen molar-refractivity contribution in [2.24, 2.45) is 17.8 Å². The Hall–Kier alpha value is -2.25. The summed E-state index contributed by atoms with van der Waals surface area (Å²) in [5.41, 5.74) is 12.2. The van der Waals surface area contributed by atoms with E-state index in [-0.39, 0.29) is 0 Å². The van der Waals surface area contributed by atoms with E-state index in [0.29, 0.717) is 29.7 Å². The number of H-pyrrole nitrogens is 1. The number of aryl methyl sites for hydroxylation is 2. The van der Waals surface area contributed by atoms with Gasteiger partial charge in [0, 0.05) is 49.2 Å². The van der Waals surface area contributed by atoms with Gasteiger partial charge in [-0.3, -0.25) is 5.10 Å². The summed E-state index contributed by atoms with van der Waals surface area (Å²) >= 11 is 0. The molecule has 5 fully saturated rings. The van der Waals surface area contributed by atoms with Gasteiger partial charge >= 0.3 is 0 Å². The molecule has 1 saturated heterocycles. The first kappa shape index (κ1) is 21.3. The minimum Gasteiger partial charge on any atom is -0.398 e. The smallest absolute Gasteiger partial charge is 0.124 e. The van der Waals surface area contributed by atoms with Gasteiger partial charge in [0.25, 0.3) is 0 Å². The summed E-state index contributed by atoms with van der Waals surface area (Å²) in [6.45, 7) is 8.59. The van der Waals surface area contributed by atoms with Crippen molar-refractivity contribution in [1.29, 1.82) is 0 Å². The Kier molecular flexibility index (Phi) is 4.93. The van der Waals surface area contributed by atoms with E-state index in [1.165, 1.54) is 16.8 Å². The summed E-state index contributed by atoms with van der Waals surface area (Å²) in [5, 5.41) is 22.6. The number of nitrogens with one attached hydrogen (secondary N) is 2. The first-order valence-electron chi connectivity index (χ1n) is 12.6. The Labute approximate surface area is 196 Å². The van der Waals surface area contributed by atoms with Gasteiger partial charge < -0.3 is 26.0 Å². The van der Waals surface area contributed by atoms with Crippen molar-refractivity contribution in [2.45, 2.75) is 57.1 Å². The highest BCUT2D eigenvalue weighted by Crippen LogP contribution is 2.62. The molecule has 1 aliphatic heterocycles. The molecule has 1 aromatic carbocycles. The summed E-state index contributed by atoms with van der Waals surface area (Å²) in [6.07, 6.45) is 5.72. The summed E-state index contributed by atoms with van der Waals surface area (Å²) in [6, 6.07) is 4.94. The van der Waals surface area contributed by atoms with Crippen molar-refractivity contribution in [3.63, 3.8) is 0 Å². The molecule has 7 heteroatoms. The topological polar surface area (TPSA) is 93.4 Å². The number of aromatic amines is 1. The summed E-state index contributed by atoms with van der Waals surface area (Å²) in [7, 11) is 2.20. The number of nitrogen functional groups attached to an aromatic ring is 1. The maximum absolute atomic E-state index is 11.4. The SMILES string of the molecule is Cc1cc(N)c(C2C3CC4C[C@@](O)(C3)CC2[C@H]4Nc2[nH]ncc2C)cc1N1CCN(C)CC1. The van der Waals surface area contributed by atoms with Crippen molar-refractivity contribution >= 4 is 17.2 Å². The van der Waals surface area contributed by atoms with Crippen LogP contribution >= 0.6 is 0 Å². The number of benzene rings is 1. The molecule has 4 bridgehead atoms. The second kappa shape index (κ2) is 7.64. The maximum Gasteiger partial charge on any atom is 0.124 e. The number of rotatable bonds is 4. The standard InChI is InChI=1S/C26H38N6O/c1-15-8-21(27)19(10-22(15)32-6-4-31(3)5-7-32)23-17-9-18-12-26(33,11-17)13-20(23)24(18)29-25-16(2)14-28-30-25/h8,10,14,17-18,20,23-24,33H,4-7,9,11-13,27H2,1-3H3,(H2,28,29,30)/t17?,18?,20?,23?,24-,26-/m0/s1. The molecule has 2 heterocycles. The van der Waals surface area contributed by atoms with Crippen molar-refractivity contribution in [3.8, 4) is 0 Å². The zero-order valence-electron chi connectivity index (χ0n) is 20.1. The normalized spacial score (nSPS) is 35.9. The molecule has 6 atom stereocenters. The molecular weight excluding hydrogens is 412 g/mol. The Bertz CT molecular complexity index is 1040. The van der Waals surface area contributed by atoms with E-state index < -0.39 is 5.60 Å². The monoisotopic (exact) mass is 450 g/mol. The molecule has 7 rings (SSSR count). The Morgan fingerprint density at radius 3 is 2.58 bits per heavy atom. The predicted molar refractivity (Wildman–Crippen MR) is 133 cm³/mol. The molecule has 5 aliphatic rings. The molecule has 5 N–H and O–H groups in total. The van der Waals surface area contributed by atoms with Gasteiger partial charge in [-0.05, 0) is 93.5 Å². The molecule has 7 nitrogen and oxygen atoms in total. The van der Waals surface area contributed by atoms with Gasteiger partial charge in [0.15, 0.2) is 0 Å². The van der Waals surface area contributed by atoms with Crippen LogP contribution in [0.25, 0.3) is 0 Å². The van der Waals surface area contributed by atoms with Crippen molar-refractivity contribution in [2.75, 3.05) is 49.2 Å². The molecule has 0 amide bonds. The van der Waals surface area contributed by atoms with Crippen LogP contribution < -0.4 is 16.0 Å². The number of aromatic nitrogens is 2. The second-order valence-electron chi connectivity index (χ2n) is 11.4. The molecule has 1 aromatic heterocycles. The van der Waals surface area contributed by atoms with Crippen molar-refractivity contribution in [1.82, 2.24) is 15.1 Å². The molecular formula is C26H38N6O. The average Bonchev–Trinajstić information content (AvgIpc) is 3.16. The lowest BCUT2D eigenvalue weighted by molar-refractivity contribution is -0.140. The number of likely N-dealkylation sites (N-methyl/N-ethyl adjacent to an activating group) is 1. The summed E-state index contributed by atoms with van der Waals surface area (Å²) < 4.78 is 0. The minimum absolute atomic E-state index is 0.332. The maximum atomic E-state index is 11.4. The Balaban J connectivity index is 1.36. The lowest BCUT2D eigenvalue weighted by atomic mass is 9.47. The molecule has 33 heavy (non-hydrogen) atoms. The zero-order chi connectivity index (χ0) is 22.9. The molecule has 4 aliphatic carbocycles. The second-order valence-corrected chi connectivity index (χ2v) is 11.4. The van der Waals surface area contributed by atoms with Gasteiger partial charge in [0.05, 0.1) is 11.8 Å². The first-order valence-corrected chi connectivity index (χ1v) is 12.6. The van der Waals surface area contributed by atoms with Crippen LogP contribution in [0, 0.1) is 31.6 Å². The highest BCUT2D eigenvalue weighted by atomic mass is 16.3. The van der Waals surface area contributed by atoms with E-state index in [1.807, 2.05) is 6.20 Å². The largest absolute Gasteiger partial charge is 0.398 e. The summed E-state index contributed by atoms with van der Waals surface area (Å²) in [4.78, 5) is 4.93. The van der Waals surface area contributed by atoms with Gasteiger partial charge in [-0.15, -0.1) is 0 Å². The van der Waals surface area contributed by atoms with E-state index >= 15 is 0 Å². The van der Waals surface area contributed by atoms with Crippen LogP contribution in [-0.2, 0) is 0 Å². The van der Waals surface area contributed by atoms with E-state index in [9.17, 15) is 5.11 Å². The van der Waals surface area contributed by atoms with Gasteiger partial charge in [0.1, 0.15) is 5.82 Å². The minimum atomic E-state index is -0.504. The van der Waals surface area contributed by atoms with Crippen LogP contribution in [0.5, 0.6) is 0 Å². The van der Waals surface area contributed by atoms with Gasteiger partial charge in [-0.1, -0.05) is 0 Å². The van der Waals surface area contributed by atoms with E-state index in [4.69, 9.17) is 5.73 Å². The molecule has 4 saturated carbocycles. The average molecular weight is 451 g/mol. The lowest BCUT2D eigenvalue weighted by Gasteiger charge is -2.61. The number of nitrogens with zero attached hydrogens (tertiary/aromatic N) is 3. The number of hydrogen-bond acceptors (Lipinski definition) is 6. The molecule has 4 unspecified atom stereocenters. The number of anilines is 3. The van der Waals surface area contributed by atoms with Gasteiger partial charge in [-0.2, -0.15) is 5.10 Å². The summed E-state index contributed by atoms with van der Waals surface area (Å²) in [5.74, 6) is 2.77. The highest BCUT2D eigenvalue weighted by Gasteiger charge is 2.59. The number of hydrogen-bond donors (Lipinski definition) is 4. The van der Waals surface area contributed by atoms with E-state index in [1.54, 1.807) is 0 Å². The third kappa shape index (κ3) is 3.51. The molecule has 0 radical (unpaired) electrons. The van der Waals surface area contributed by atoms with Crippen LogP contribution in [0.2, 0.25) is 0 Å². The van der Waals surface area contributed by atoms with Crippen LogP contribution in [0.4, 0.5) is 17.2 Å². The van der Waals surface area contributed by atoms with Crippen molar-refractivity contribution in [3.05, 3.63) is 35.0 Å². The van der Waals surface area contributed by atoms with Crippen molar-refractivity contribution < 1.29 is 5.11 Å². The zero-order valence-corrected chi connectivity index (χ0v) is 20.1. The fraction of sp³-hybridized carbons (Fsp3) is 0.654. The number of nitrogens with two attached hydrogens (primary N) is 1. The Morgan fingerprint density at radius 2 is 1.85 bits per heavy atom. The van der Waals surface area contributed by atoms with Gasteiger partial charge in [0.2, 0.25) is 0 Å². The molecule has 2 aromatic rings. The predicted octanol–water partition coefficient (Wildman–Crippen LogP) is 3.11. The quantitative estimate of drug-likeness (QED) is 0.535. The van der Waals surface area contributed by atoms with Crippen LogP contribution in [0.15, 0.2) is 18.3 Å². The lowest BCUT2D eigenvalue weighted by Crippen LogP contribution is -2.62. The fourth-order valence-corrected chi connectivity index (χ4v) is 7.72.